The van der Waals surface area contributed by atoms with Crippen molar-refractivity contribution in [2.24, 2.45) is 5.16 Å². The number of hydrogen-bond donors (Lipinski definition) is 1. The molecule has 0 aliphatic carbocycles. The van der Waals surface area contributed by atoms with Gasteiger partial charge in [0.15, 0.2) is 6.61 Å². The van der Waals surface area contributed by atoms with Crippen molar-refractivity contribution in [1.82, 2.24) is 4.57 Å². The highest BCUT2D eigenvalue weighted by Crippen LogP contribution is 2.43. The molecule has 1 heterocycles. The number of nitrogens with zero attached hydrogens (tertiary/aromatic N) is 2. The van der Waals surface area contributed by atoms with E-state index in [-0.39, 0.29) is 10.8 Å². The van der Waals surface area contributed by atoms with Gasteiger partial charge in [0.05, 0.1) is 11.1 Å². The molecule has 0 saturated carbocycles. The fourth-order valence-electron chi connectivity index (χ4n) is 6.37. The smallest absolute Gasteiger partial charge is 0.311 e. The maximum Gasteiger partial charge on any atom is 0.311 e. The number of benzene rings is 6. The third-order valence-corrected chi connectivity index (χ3v) is 9.72. The zero-order valence-electron chi connectivity index (χ0n) is 27.8. The molecule has 0 bridgehead atoms. The molecular weight excluding hydrogens is 653 g/mol. The fraction of sp³-hybridized carbons (Fsp3) is 0.0909. The Kier molecular flexibility index (Phi) is 10.2. The molecule has 0 radical (unpaired) electrons. The van der Waals surface area contributed by atoms with Crippen molar-refractivity contribution in [2.75, 3.05) is 13.2 Å². The number of aromatic hydroxyl groups is 1. The highest BCUT2D eigenvalue weighted by Gasteiger charge is 2.42. The zero-order chi connectivity index (χ0) is 34.9. The van der Waals surface area contributed by atoms with Gasteiger partial charge in [-0.15, -0.1) is 0 Å². The Morgan fingerprint density at radius 2 is 1.14 bits per heavy atom. The molecule has 1 aromatic heterocycles. The lowest BCUT2D eigenvalue weighted by atomic mass is 9.76. The van der Waals surface area contributed by atoms with E-state index in [4.69, 9.17) is 9.57 Å². The normalized spacial score (nSPS) is 11.5. The van der Waals surface area contributed by atoms with Crippen molar-refractivity contribution in [3.05, 3.63) is 212 Å². The molecule has 0 fully saturated rings. The second-order valence-electron chi connectivity index (χ2n) is 12.0. The molecule has 7 rings (SSSR count). The molecule has 0 unspecified atom stereocenters. The molecule has 252 valence electrons. The van der Waals surface area contributed by atoms with Crippen LogP contribution in [-0.4, -0.2) is 29.1 Å². The van der Waals surface area contributed by atoms with E-state index in [1.54, 1.807) is 10.8 Å². The van der Waals surface area contributed by atoms with Crippen LogP contribution in [0.5, 0.6) is 11.6 Å². The summed E-state index contributed by atoms with van der Waals surface area (Å²) in [5.41, 5.74) is 5.74. The van der Waals surface area contributed by atoms with Crippen LogP contribution in [-0.2, 0) is 16.8 Å². The van der Waals surface area contributed by atoms with E-state index in [9.17, 15) is 9.90 Å². The minimum Gasteiger partial charge on any atom is -0.494 e. The van der Waals surface area contributed by atoms with Crippen LogP contribution in [0.4, 0.5) is 0 Å². The van der Waals surface area contributed by atoms with E-state index in [0.29, 0.717) is 30.3 Å². The predicted octanol–water partition coefficient (Wildman–Crippen LogP) is 9.14. The quantitative estimate of drug-likeness (QED) is 0.0568. The lowest BCUT2D eigenvalue weighted by Crippen LogP contribution is -2.42. The summed E-state index contributed by atoms with van der Waals surface area (Å²) in [6, 6.07) is 55.7. The summed E-state index contributed by atoms with van der Waals surface area (Å²) in [5.74, 6) is 0.640. The molecule has 0 aliphatic rings. The molecule has 0 aliphatic heterocycles. The summed E-state index contributed by atoms with van der Waals surface area (Å²) >= 11 is 1.07. The zero-order valence-corrected chi connectivity index (χ0v) is 28.7. The Bertz CT molecular complexity index is 2140. The second-order valence-corrected chi connectivity index (χ2v) is 13.0. The Balaban J connectivity index is 1.03. The van der Waals surface area contributed by atoms with Gasteiger partial charge in [0.1, 0.15) is 17.9 Å². The highest BCUT2D eigenvalue weighted by atomic mass is 32.1. The first-order chi connectivity index (χ1) is 25.1. The van der Waals surface area contributed by atoms with Crippen LogP contribution in [0.1, 0.15) is 32.7 Å². The number of hydrogen-bond acceptors (Lipinski definition) is 6. The largest absolute Gasteiger partial charge is 0.494 e. The summed E-state index contributed by atoms with van der Waals surface area (Å²) in [7, 11) is 0. The summed E-state index contributed by atoms with van der Waals surface area (Å²) in [5, 5.41) is 16.0. The van der Waals surface area contributed by atoms with Gasteiger partial charge in [-0.25, -0.2) is 0 Å². The van der Waals surface area contributed by atoms with Gasteiger partial charge in [-0.1, -0.05) is 174 Å². The first kappa shape index (κ1) is 33.3. The summed E-state index contributed by atoms with van der Waals surface area (Å²) in [4.78, 5) is 19.7. The second kappa shape index (κ2) is 15.6. The van der Waals surface area contributed by atoms with E-state index in [2.05, 4.69) is 29.4 Å². The van der Waals surface area contributed by atoms with Crippen molar-refractivity contribution in [1.29, 1.82) is 0 Å². The van der Waals surface area contributed by atoms with Crippen molar-refractivity contribution < 1.29 is 14.7 Å². The standard InChI is InChI=1S/C44H36N2O4S/c47-42-41(51-43(48)46(42)44(37-15-7-2-8-16-37,38-17-9-3-10-18-38)39-19-11-4-12-20-39)31-33-23-27-40(28-24-33)49-29-30-50-45-32-34-21-25-36(26-22-34)35-13-5-1-6-14-35/h1-28,32,47H,29-31H2. The van der Waals surface area contributed by atoms with E-state index in [1.165, 1.54) is 5.56 Å². The molecule has 51 heavy (non-hydrogen) atoms. The molecule has 1 N–H and O–H groups in total. The van der Waals surface area contributed by atoms with Crippen LogP contribution in [0, 0.1) is 0 Å². The molecule has 7 heteroatoms. The first-order valence-electron chi connectivity index (χ1n) is 16.8. The lowest BCUT2D eigenvalue weighted by molar-refractivity contribution is 0.108. The predicted molar refractivity (Wildman–Crippen MR) is 205 cm³/mol. The fourth-order valence-corrected chi connectivity index (χ4v) is 7.32. The van der Waals surface area contributed by atoms with E-state index < -0.39 is 5.54 Å². The molecule has 6 nitrogen and oxygen atoms in total. The Morgan fingerprint density at radius 1 is 0.627 bits per heavy atom. The van der Waals surface area contributed by atoms with Crippen LogP contribution < -0.4 is 9.61 Å². The molecule has 0 spiro atoms. The number of ether oxygens (including phenoxy) is 1. The van der Waals surface area contributed by atoms with Gasteiger partial charge < -0.3 is 14.7 Å². The van der Waals surface area contributed by atoms with Gasteiger partial charge in [0.25, 0.3) is 0 Å². The first-order valence-corrected chi connectivity index (χ1v) is 17.6. The van der Waals surface area contributed by atoms with Crippen LogP contribution >= 0.6 is 11.3 Å². The lowest BCUT2D eigenvalue weighted by Gasteiger charge is -2.37. The summed E-state index contributed by atoms with van der Waals surface area (Å²) < 4.78 is 7.42. The maximum atomic E-state index is 14.0. The van der Waals surface area contributed by atoms with Crippen molar-refractivity contribution in [2.45, 2.75) is 12.0 Å². The van der Waals surface area contributed by atoms with Crippen LogP contribution in [0.25, 0.3) is 11.1 Å². The Morgan fingerprint density at radius 3 is 1.69 bits per heavy atom. The van der Waals surface area contributed by atoms with Crippen LogP contribution in [0.3, 0.4) is 0 Å². The highest BCUT2D eigenvalue weighted by molar-refractivity contribution is 7.09. The SMILES string of the molecule is O=c1sc(Cc2ccc(OCCON=Cc3ccc(-c4ccccc4)cc3)cc2)c(O)n1C(c1ccccc1)(c1ccccc1)c1ccccc1. The van der Waals surface area contributed by atoms with Gasteiger partial charge in [-0.2, -0.15) is 0 Å². The van der Waals surface area contributed by atoms with Gasteiger partial charge in [0.2, 0.25) is 5.88 Å². The van der Waals surface area contributed by atoms with Gasteiger partial charge in [0, 0.05) is 6.42 Å². The van der Waals surface area contributed by atoms with E-state index in [1.807, 2.05) is 146 Å². The van der Waals surface area contributed by atoms with Gasteiger partial charge in [-0.05, 0) is 51.1 Å². The third kappa shape index (κ3) is 7.25. The number of oxime groups is 1. The third-order valence-electron chi connectivity index (χ3n) is 8.79. The molecule has 6 aromatic carbocycles. The molecule has 0 atom stereocenters. The van der Waals surface area contributed by atoms with E-state index >= 15 is 0 Å². The van der Waals surface area contributed by atoms with Gasteiger partial charge in [-0.3, -0.25) is 9.36 Å². The van der Waals surface area contributed by atoms with Crippen molar-refractivity contribution in [3.63, 3.8) is 0 Å². The van der Waals surface area contributed by atoms with Crippen LogP contribution in [0.15, 0.2) is 180 Å². The Hall–Kier alpha value is -6.18. The minimum atomic E-state index is -1.09. The van der Waals surface area contributed by atoms with Crippen LogP contribution in [0.2, 0.25) is 0 Å². The maximum absolute atomic E-state index is 14.0. The topological polar surface area (TPSA) is 73.1 Å². The van der Waals surface area contributed by atoms with Gasteiger partial charge >= 0.3 is 4.87 Å². The average molecular weight is 689 g/mol. The number of rotatable bonds is 13. The molecule has 7 aromatic rings. The monoisotopic (exact) mass is 688 g/mol. The summed E-state index contributed by atoms with van der Waals surface area (Å²) in [6.07, 6.45) is 2.07. The summed E-state index contributed by atoms with van der Waals surface area (Å²) in [6.45, 7) is 0.622. The molecule has 0 amide bonds. The average Bonchev–Trinajstić information content (AvgIpc) is 3.47. The minimum absolute atomic E-state index is 0.0493. The molecule has 0 saturated heterocycles. The number of thiazole rings is 1. The van der Waals surface area contributed by atoms with Crippen molar-refractivity contribution >= 4 is 17.6 Å². The molecular formula is C44H36N2O4S. The van der Waals surface area contributed by atoms with Crippen molar-refractivity contribution in [3.8, 4) is 22.8 Å². The van der Waals surface area contributed by atoms with E-state index in [0.717, 1.165) is 44.7 Å². The Labute approximate surface area is 301 Å². The number of aromatic nitrogens is 1.